The maximum Gasteiger partial charge on any atom is 0.212 e. The van der Waals surface area contributed by atoms with Gasteiger partial charge >= 0.3 is 0 Å². The van der Waals surface area contributed by atoms with Gasteiger partial charge < -0.3 is 5.32 Å². The third-order valence-electron chi connectivity index (χ3n) is 0.372. The summed E-state index contributed by atoms with van der Waals surface area (Å²) >= 11 is 5.81. The van der Waals surface area contributed by atoms with Gasteiger partial charge in [0.25, 0.3) is 0 Å². The molecule has 0 bridgehead atoms. The number of hydrogen-bond acceptors (Lipinski definition) is 4. The van der Waals surface area contributed by atoms with Crippen LogP contribution < -0.4 is 10.0 Å². The Hall–Kier alpha value is -0.130. The molecule has 0 heterocycles. The van der Waals surface area contributed by atoms with Gasteiger partial charge in [0.2, 0.25) is 6.41 Å². The van der Waals surface area contributed by atoms with Crippen LogP contribution in [0.3, 0.4) is 0 Å². The van der Waals surface area contributed by atoms with Crippen LogP contribution in [0.1, 0.15) is 0 Å². The minimum Gasteiger partial charge on any atom is -0.313 e. The van der Waals surface area contributed by atoms with Crippen LogP contribution in [0.4, 0.5) is 0 Å². The molecule has 8 heavy (non-hydrogen) atoms. The van der Waals surface area contributed by atoms with E-state index in [1.807, 2.05) is 0 Å². The Labute approximate surface area is 57.3 Å². The van der Waals surface area contributed by atoms with Gasteiger partial charge in [-0.05, 0) is 19.0 Å². The molecular weight excluding hydrogens is 144 g/mol. The average molecular weight is 150 g/mol. The van der Waals surface area contributed by atoms with Crippen molar-refractivity contribution in [3.63, 3.8) is 0 Å². The molecule has 0 spiro atoms. The first kappa shape index (κ1) is 7.87. The van der Waals surface area contributed by atoms with E-state index in [1.165, 1.54) is 11.9 Å². The maximum absolute atomic E-state index is 9.65. The highest BCUT2D eigenvalue weighted by atomic mass is 32.2. The quantitative estimate of drug-likeness (QED) is 0.327. The van der Waals surface area contributed by atoms with Crippen molar-refractivity contribution in [2.45, 2.75) is 0 Å². The van der Waals surface area contributed by atoms with Crippen LogP contribution in [0.5, 0.6) is 0 Å². The average Bonchev–Trinajstić information content (AvgIpc) is 1.68. The first-order valence-electron chi connectivity index (χ1n) is 1.89. The second-order valence-corrected chi connectivity index (χ2v) is 2.54. The van der Waals surface area contributed by atoms with Crippen LogP contribution in [-0.4, -0.2) is 17.8 Å². The Morgan fingerprint density at radius 1 is 1.88 bits per heavy atom. The van der Waals surface area contributed by atoms with E-state index in [0.29, 0.717) is 10.7 Å². The molecule has 5 heteroatoms. The van der Waals surface area contributed by atoms with Crippen LogP contribution in [-0.2, 0) is 4.79 Å². The van der Waals surface area contributed by atoms with Gasteiger partial charge in [-0.25, -0.2) is 0 Å². The van der Waals surface area contributed by atoms with Crippen molar-refractivity contribution in [2.24, 2.45) is 0 Å². The molecule has 2 N–H and O–H groups in total. The van der Waals surface area contributed by atoms with E-state index in [9.17, 15) is 4.79 Å². The van der Waals surface area contributed by atoms with Crippen molar-refractivity contribution < 1.29 is 4.79 Å². The minimum absolute atomic E-state index is 0.433. The SMILES string of the molecule is CNSC(=S)NC=O. The number of nitrogens with one attached hydrogen (secondary N) is 2. The van der Waals surface area contributed by atoms with E-state index < -0.39 is 0 Å². The zero-order valence-electron chi connectivity index (χ0n) is 4.30. The molecule has 0 radical (unpaired) electrons. The van der Waals surface area contributed by atoms with Crippen molar-refractivity contribution in [3.8, 4) is 0 Å². The molecule has 0 unspecified atom stereocenters. The summed E-state index contributed by atoms with van der Waals surface area (Å²) in [6, 6.07) is 0. The molecule has 3 nitrogen and oxygen atoms in total. The summed E-state index contributed by atoms with van der Waals surface area (Å²) in [5, 5.41) is 2.30. The molecule has 0 aromatic carbocycles. The van der Waals surface area contributed by atoms with E-state index in [1.54, 1.807) is 7.05 Å². The lowest BCUT2D eigenvalue weighted by molar-refractivity contribution is -0.108. The summed E-state index contributed by atoms with van der Waals surface area (Å²) in [6.45, 7) is 0. The molecule has 0 aliphatic heterocycles. The smallest absolute Gasteiger partial charge is 0.212 e. The van der Waals surface area contributed by atoms with Crippen molar-refractivity contribution in [2.75, 3.05) is 7.05 Å². The summed E-state index contributed by atoms with van der Waals surface area (Å²) in [6.07, 6.45) is 0.548. The second kappa shape index (κ2) is 5.02. The Morgan fingerprint density at radius 3 is 2.88 bits per heavy atom. The third kappa shape index (κ3) is 4.04. The normalized spacial score (nSPS) is 8.12. The molecule has 0 atom stereocenters. The largest absolute Gasteiger partial charge is 0.313 e. The van der Waals surface area contributed by atoms with Crippen LogP contribution >= 0.6 is 24.2 Å². The number of rotatable bonds is 2. The highest BCUT2D eigenvalue weighted by molar-refractivity contribution is 8.21. The highest BCUT2D eigenvalue weighted by Gasteiger charge is 1.88. The van der Waals surface area contributed by atoms with Crippen LogP contribution in [0, 0.1) is 0 Å². The van der Waals surface area contributed by atoms with Gasteiger partial charge in [-0.3, -0.25) is 9.52 Å². The zero-order valence-corrected chi connectivity index (χ0v) is 5.94. The predicted molar refractivity (Wildman–Crippen MR) is 38.4 cm³/mol. The molecular formula is C3H6N2OS2. The molecule has 0 aliphatic carbocycles. The summed E-state index contributed by atoms with van der Waals surface area (Å²) in [7, 11) is 1.73. The lowest BCUT2D eigenvalue weighted by Crippen LogP contribution is -2.18. The molecule has 0 saturated carbocycles. The van der Waals surface area contributed by atoms with Crippen LogP contribution in [0.2, 0.25) is 0 Å². The molecule has 0 rings (SSSR count). The summed E-state index contributed by atoms with van der Waals surface area (Å²) in [5.41, 5.74) is 0. The standard InChI is InChI=1S/C3H6N2OS2/c1-4-8-3(7)5-2-6/h2,4H,1H3,(H,5,6,7). The van der Waals surface area contributed by atoms with Crippen molar-refractivity contribution in [1.82, 2.24) is 10.0 Å². The molecule has 46 valence electrons. The molecule has 0 aliphatic rings. The Morgan fingerprint density at radius 2 is 2.50 bits per heavy atom. The number of carbonyl (C=O) groups excluding carboxylic acids is 1. The van der Waals surface area contributed by atoms with Gasteiger partial charge in [-0.1, -0.05) is 12.2 Å². The molecule has 0 aromatic heterocycles. The number of amides is 1. The Balaban J connectivity index is 3.18. The van der Waals surface area contributed by atoms with Gasteiger partial charge in [-0.15, -0.1) is 0 Å². The minimum atomic E-state index is 0.433. The van der Waals surface area contributed by atoms with Crippen molar-refractivity contribution >= 4 is 34.9 Å². The van der Waals surface area contributed by atoms with E-state index in [-0.39, 0.29) is 0 Å². The van der Waals surface area contributed by atoms with E-state index >= 15 is 0 Å². The van der Waals surface area contributed by atoms with E-state index in [2.05, 4.69) is 22.3 Å². The fourth-order valence-corrected chi connectivity index (χ4v) is 0.761. The predicted octanol–water partition coefficient (Wildman–Crippen LogP) is -0.115. The van der Waals surface area contributed by atoms with Gasteiger partial charge in [-0.2, -0.15) is 0 Å². The lowest BCUT2D eigenvalue weighted by atomic mass is 11.2. The second-order valence-electron chi connectivity index (χ2n) is 0.856. The third-order valence-corrected chi connectivity index (χ3v) is 1.25. The monoisotopic (exact) mass is 150 g/mol. The van der Waals surface area contributed by atoms with Crippen molar-refractivity contribution in [3.05, 3.63) is 0 Å². The highest BCUT2D eigenvalue weighted by Crippen LogP contribution is 1.90. The number of thiocarbonyl (C=S) groups is 1. The molecule has 1 amide bonds. The van der Waals surface area contributed by atoms with Crippen molar-refractivity contribution in [1.29, 1.82) is 0 Å². The first-order valence-corrected chi connectivity index (χ1v) is 3.11. The van der Waals surface area contributed by atoms with Gasteiger partial charge in [0.05, 0.1) is 0 Å². The van der Waals surface area contributed by atoms with Gasteiger partial charge in [0.15, 0.2) is 4.32 Å². The van der Waals surface area contributed by atoms with Crippen LogP contribution in [0.15, 0.2) is 0 Å². The van der Waals surface area contributed by atoms with Crippen LogP contribution in [0.25, 0.3) is 0 Å². The maximum atomic E-state index is 9.65. The first-order chi connectivity index (χ1) is 3.81. The van der Waals surface area contributed by atoms with Gasteiger partial charge in [0, 0.05) is 0 Å². The van der Waals surface area contributed by atoms with Gasteiger partial charge in [0.1, 0.15) is 0 Å². The lowest BCUT2D eigenvalue weighted by Gasteiger charge is -1.95. The summed E-state index contributed by atoms with van der Waals surface area (Å²) < 4.78 is 3.14. The number of carbonyl (C=O) groups is 1. The Bertz CT molecular complexity index is 95.3. The zero-order chi connectivity index (χ0) is 6.41. The summed E-state index contributed by atoms with van der Waals surface area (Å²) in [5.74, 6) is 0. The number of hydrogen-bond donors (Lipinski definition) is 2. The Kier molecular flexibility index (Phi) is 4.93. The summed E-state index contributed by atoms with van der Waals surface area (Å²) in [4.78, 5) is 9.65. The van der Waals surface area contributed by atoms with E-state index in [0.717, 1.165) is 0 Å². The molecule has 0 fully saturated rings. The molecule has 0 saturated heterocycles. The fourth-order valence-electron chi connectivity index (χ4n) is 0.170. The topological polar surface area (TPSA) is 41.1 Å². The van der Waals surface area contributed by atoms with E-state index in [4.69, 9.17) is 0 Å². The molecule has 0 aromatic rings. The fraction of sp³-hybridized carbons (Fsp3) is 0.333.